The van der Waals surface area contributed by atoms with E-state index in [4.69, 9.17) is 11.2 Å². The summed E-state index contributed by atoms with van der Waals surface area (Å²) < 4.78 is 54.5. The second-order valence-corrected chi connectivity index (χ2v) is 12.9. The molecule has 0 unspecified atom stereocenters. The molecule has 2 aromatic heterocycles. The maximum absolute atomic E-state index is 17.3. The minimum Gasteiger partial charge on any atom is -0.508 e. The fourth-order valence-electron chi connectivity index (χ4n) is 7.81. The number of nitrogens with zero attached hydrogens (tertiary/aromatic N) is 6. The summed E-state index contributed by atoms with van der Waals surface area (Å²) in [6.07, 6.45) is 6.24. The van der Waals surface area contributed by atoms with Gasteiger partial charge in [-0.3, -0.25) is 9.58 Å². The molecule has 3 aromatic carbocycles. The number of anilines is 1. The summed E-state index contributed by atoms with van der Waals surface area (Å²) in [5.41, 5.74) is -0.546. The lowest BCUT2D eigenvalue weighted by Crippen LogP contribution is -2.43. The van der Waals surface area contributed by atoms with E-state index in [1.165, 1.54) is 28.9 Å². The van der Waals surface area contributed by atoms with E-state index in [0.29, 0.717) is 23.7 Å². The van der Waals surface area contributed by atoms with Crippen LogP contribution in [0.15, 0.2) is 30.5 Å². The van der Waals surface area contributed by atoms with Crippen LogP contribution < -0.4 is 9.64 Å². The van der Waals surface area contributed by atoms with E-state index in [1.54, 1.807) is 18.1 Å². The van der Waals surface area contributed by atoms with Crippen molar-refractivity contribution < 1.29 is 33.2 Å². The van der Waals surface area contributed by atoms with Crippen molar-refractivity contribution in [3.8, 4) is 35.2 Å². The summed E-state index contributed by atoms with van der Waals surface area (Å²) in [6.45, 7) is 1.20. The van der Waals surface area contributed by atoms with E-state index in [2.05, 4.69) is 25.9 Å². The molecule has 3 N–H and O–H groups in total. The number of aliphatic hydroxyl groups is 2. The van der Waals surface area contributed by atoms with Gasteiger partial charge in [-0.25, -0.2) is 13.2 Å². The maximum Gasteiger partial charge on any atom is 0.319 e. The first-order valence-corrected chi connectivity index (χ1v) is 15.5. The average molecular weight is 645 g/mol. The number of aromatic nitrogens is 4. The molecule has 4 atom stereocenters. The minimum atomic E-state index is -1.07. The Labute approximate surface area is 267 Å². The van der Waals surface area contributed by atoms with E-state index < -0.39 is 35.6 Å². The van der Waals surface area contributed by atoms with Gasteiger partial charge in [-0.2, -0.15) is 15.1 Å². The lowest BCUT2D eigenvalue weighted by molar-refractivity contribution is 0.0572. The van der Waals surface area contributed by atoms with Crippen LogP contribution >= 0.6 is 0 Å². The molecule has 5 heterocycles. The number of phenolic OH excluding ortho intramolecular Hbond substituents is 1. The van der Waals surface area contributed by atoms with Gasteiger partial charge in [0, 0.05) is 55.6 Å². The number of hydrogen-bond donors (Lipinski definition) is 3. The van der Waals surface area contributed by atoms with E-state index in [0.717, 1.165) is 19.4 Å². The summed E-state index contributed by atoms with van der Waals surface area (Å²) in [5.74, 6) is 0.871. The number of rotatable bonds is 5. The third kappa shape index (κ3) is 4.57. The van der Waals surface area contributed by atoms with Crippen molar-refractivity contribution in [1.82, 2.24) is 24.6 Å². The fraction of sp³-hybridized carbons (Fsp3) is 0.382. The molecule has 0 bridgehead atoms. The second kappa shape index (κ2) is 10.7. The van der Waals surface area contributed by atoms with Gasteiger partial charge in [0.1, 0.15) is 41.2 Å². The third-order valence-electron chi connectivity index (χ3n) is 9.89. The third-order valence-corrected chi connectivity index (χ3v) is 9.89. The van der Waals surface area contributed by atoms with Crippen LogP contribution in [0.4, 0.5) is 19.0 Å². The van der Waals surface area contributed by atoms with Crippen molar-refractivity contribution in [3.63, 3.8) is 0 Å². The van der Waals surface area contributed by atoms with Crippen LogP contribution in [0.5, 0.6) is 11.8 Å². The molecule has 3 saturated heterocycles. The van der Waals surface area contributed by atoms with Gasteiger partial charge in [0.15, 0.2) is 5.82 Å². The number of benzene rings is 3. The predicted octanol–water partition coefficient (Wildman–Crippen LogP) is 3.80. The number of aryl methyl sites for hydroxylation is 1. The quantitative estimate of drug-likeness (QED) is 0.246. The number of aromatic hydroxyl groups is 1. The van der Waals surface area contributed by atoms with Gasteiger partial charge in [0.25, 0.3) is 0 Å². The number of ether oxygens (including phenoxy) is 1. The average Bonchev–Trinajstić information content (AvgIpc) is 3.77. The van der Waals surface area contributed by atoms with E-state index in [1.807, 2.05) is 0 Å². The normalized spacial score (nSPS) is 24.5. The summed E-state index contributed by atoms with van der Waals surface area (Å²) in [6, 6.07) is 5.22. The Morgan fingerprint density at radius 2 is 1.87 bits per heavy atom. The molecule has 10 nitrogen and oxygen atoms in total. The van der Waals surface area contributed by atoms with Crippen molar-refractivity contribution in [3.05, 3.63) is 47.7 Å². The van der Waals surface area contributed by atoms with Gasteiger partial charge < -0.3 is 25.0 Å². The number of aliphatic hydroxyl groups excluding tert-OH is 2. The van der Waals surface area contributed by atoms with Gasteiger partial charge in [0.05, 0.1) is 28.7 Å². The van der Waals surface area contributed by atoms with Crippen molar-refractivity contribution in [2.24, 2.45) is 7.05 Å². The Bertz CT molecular complexity index is 2140. The van der Waals surface area contributed by atoms with Gasteiger partial charge >= 0.3 is 6.01 Å². The van der Waals surface area contributed by atoms with Gasteiger partial charge in [-0.15, -0.1) is 6.42 Å². The highest BCUT2D eigenvalue weighted by Gasteiger charge is 2.49. The van der Waals surface area contributed by atoms with Crippen LogP contribution in [-0.4, -0.2) is 96.7 Å². The minimum absolute atomic E-state index is 0.0150. The lowest BCUT2D eigenvalue weighted by atomic mass is 9.91. The molecule has 3 aliphatic rings. The first kappa shape index (κ1) is 29.7. The summed E-state index contributed by atoms with van der Waals surface area (Å²) >= 11 is 0. The maximum atomic E-state index is 17.3. The first-order chi connectivity index (χ1) is 22.6. The molecule has 0 radical (unpaired) electrons. The van der Waals surface area contributed by atoms with E-state index in [9.17, 15) is 19.7 Å². The molecule has 3 aliphatic heterocycles. The Kier molecular flexibility index (Phi) is 6.77. The van der Waals surface area contributed by atoms with Crippen LogP contribution in [0.1, 0.15) is 24.8 Å². The SMILES string of the molecule is C#Cc1c(F)ccc2cc(O)cc(-c3c(F)c4nc(OC[C@@]56CCCN5C[C@H](F)C6)nc(N5C[C@@H](O)[C@@H](O)C5)c4c4cn(C)nc34)c12. The molecule has 5 aromatic rings. The highest BCUT2D eigenvalue weighted by atomic mass is 19.1. The number of halogens is 3. The molecular formula is C34H31F3N6O4. The fourth-order valence-corrected chi connectivity index (χ4v) is 7.81. The summed E-state index contributed by atoms with van der Waals surface area (Å²) in [4.78, 5) is 13.0. The molecule has 3 fully saturated rings. The van der Waals surface area contributed by atoms with Crippen molar-refractivity contribution in [1.29, 1.82) is 0 Å². The molecule has 8 rings (SSSR count). The van der Waals surface area contributed by atoms with Crippen LogP contribution in [0.2, 0.25) is 0 Å². The van der Waals surface area contributed by atoms with E-state index in [-0.39, 0.29) is 75.8 Å². The van der Waals surface area contributed by atoms with Crippen molar-refractivity contribution in [2.75, 3.05) is 37.7 Å². The molecule has 0 aliphatic carbocycles. The monoisotopic (exact) mass is 644 g/mol. The van der Waals surface area contributed by atoms with Gasteiger partial charge in [0.2, 0.25) is 0 Å². The Morgan fingerprint density at radius 1 is 1.09 bits per heavy atom. The number of terminal acetylenes is 1. The van der Waals surface area contributed by atoms with Crippen LogP contribution in [-0.2, 0) is 7.05 Å². The second-order valence-electron chi connectivity index (χ2n) is 12.9. The zero-order valence-electron chi connectivity index (χ0n) is 25.4. The number of β-amino-alcohol motifs (C(OH)–C–C–N with tert-alkyl or cyclic N) is 2. The van der Waals surface area contributed by atoms with Gasteiger partial charge in [-0.1, -0.05) is 12.0 Å². The Morgan fingerprint density at radius 3 is 2.64 bits per heavy atom. The topological polar surface area (TPSA) is 120 Å². The van der Waals surface area contributed by atoms with Crippen LogP contribution in [0, 0.1) is 24.0 Å². The molecule has 242 valence electrons. The zero-order valence-corrected chi connectivity index (χ0v) is 25.4. The zero-order chi connectivity index (χ0) is 32.8. The molecule has 13 heteroatoms. The molecule has 0 spiro atoms. The Balaban J connectivity index is 1.39. The number of alkyl halides is 1. The largest absolute Gasteiger partial charge is 0.508 e. The Hall–Kier alpha value is -4.64. The molecule has 0 amide bonds. The highest BCUT2D eigenvalue weighted by molar-refractivity contribution is 6.18. The molecule has 0 saturated carbocycles. The van der Waals surface area contributed by atoms with E-state index >= 15 is 8.78 Å². The van der Waals surface area contributed by atoms with Crippen molar-refractivity contribution in [2.45, 2.75) is 43.2 Å². The number of hydrogen-bond acceptors (Lipinski definition) is 9. The summed E-state index contributed by atoms with van der Waals surface area (Å²) in [7, 11) is 1.66. The summed E-state index contributed by atoms with van der Waals surface area (Å²) in [5, 5.41) is 37.5. The van der Waals surface area contributed by atoms with Gasteiger partial charge in [-0.05, 0) is 48.5 Å². The highest BCUT2D eigenvalue weighted by Crippen LogP contribution is 2.45. The predicted molar refractivity (Wildman–Crippen MR) is 169 cm³/mol. The van der Waals surface area contributed by atoms with Crippen LogP contribution in [0.25, 0.3) is 43.7 Å². The number of phenols is 1. The molecular weight excluding hydrogens is 613 g/mol. The van der Waals surface area contributed by atoms with Crippen LogP contribution in [0.3, 0.4) is 0 Å². The smallest absolute Gasteiger partial charge is 0.319 e. The lowest BCUT2D eigenvalue weighted by Gasteiger charge is -2.31. The number of fused-ring (bicyclic) bond motifs is 5. The first-order valence-electron chi connectivity index (χ1n) is 15.5. The standard InChI is InChI=1S/C34H31F3N6O4/c1-3-20-23(36)6-5-17-9-19(44)10-21(26(17)20)27-29(37)31-28(22-13-41(2)40-30(22)27)32(42-14-24(45)25(46)15-42)39-33(38-31)47-16-34-7-4-8-43(34)12-18(35)11-34/h1,5-6,9-10,13,18,24-25,44-46H,4,7-8,11-12,14-16H2,2H3/t18-,24-,25+,34+/m1/s1. The van der Waals surface area contributed by atoms with Crippen molar-refractivity contribution >= 4 is 38.4 Å². The molecule has 47 heavy (non-hydrogen) atoms.